The Morgan fingerprint density at radius 1 is 1.25 bits per heavy atom. The molecule has 0 spiro atoms. The summed E-state index contributed by atoms with van der Waals surface area (Å²) >= 11 is 0. The van der Waals surface area contributed by atoms with E-state index < -0.39 is 5.60 Å². The van der Waals surface area contributed by atoms with Crippen molar-refractivity contribution in [3.8, 4) is 0 Å². The Hall–Kier alpha value is -0.730. The number of likely N-dealkylation sites (tertiary alicyclic amines) is 1. The fraction of sp³-hybridized carbons (Fsp3) is 0.923. The molecule has 0 aromatic heterocycles. The summed E-state index contributed by atoms with van der Waals surface area (Å²) < 4.78 is 5.34. The van der Waals surface area contributed by atoms with Gasteiger partial charge in [0.2, 0.25) is 0 Å². The van der Waals surface area contributed by atoms with Gasteiger partial charge in [0.25, 0.3) is 0 Å². The molecule has 0 unspecified atom stereocenters. The third-order valence-electron chi connectivity index (χ3n) is 2.51. The first-order valence-electron chi connectivity index (χ1n) is 6.23. The van der Waals surface area contributed by atoms with Gasteiger partial charge in [-0.1, -0.05) is 13.8 Å². The number of carbonyl (C=O) groups is 1. The number of nitrogens with zero attached hydrogens (tertiary/aromatic N) is 1. The zero-order valence-corrected chi connectivity index (χ0v) is 11.9. The number of ether oxygens (including phenoxy) is 1. The molecule has 0 N–H and O–H groups in total. The standard InChI is InChI=1S/C11H21NO2.C2H6/c1-10(2,3)14-9(13)12-8-6-7-11(12,4)5;1-2/h6-8H2,1-5H3;1-2H3. The minimum Gasteiger partial charge on any atom is -0.444 e. The molecule has 96 valence electrons. The Bertz CT molecular complexity index is 229. The third-order valence-corrected chi connectivity index (χ3v) is 2.51. The van der Waals surface area contributed by atoms with Gasteiger partial charge >= 0.3 is 6.09 Å². The molecule has 0 radical (unpaired) electrons. The summed E-state index contributed by atoms with van der Waals surface area (Å²) in [6.45, 7) is 14.7. The number of hydrogen-bond acceptors (Lipinski definition) is 2. The molecule has 0 aromatic rings. The van der Waals surface area contributed by atoms with Crippen LogP contribution in [-0.4, -0.2) is 28.7 Å². The Morgan fingerprint density at radius 3 is 2.06 bits per heavy atom. The lowest BCUT2D eigenvalue weighted by Crippen LogP contribution is -2.45. The van der Waals surface area contributed by atoms with E-state index in [0.717, 1.165) is 19.4 Å². The number of carbonyl (C=O) groups excluding carboxylic acids is 1. The highest BCUT2D eigenvalue weighted by Gasteiger charge is 2.37. The summed E-state index contributed by atoms with van der Waals surface area (Å²) in [5.41, 5.74) is -0.432. The van der Waals surface area contributed by atoms with Crippen molar-refractivity contribution >= 4 is 6.09 Å². The van der Waals surface area contributed by atoms with Crippen LogP contribution in [-0.2, 0) is 4.74 Å². The molecule has 0 aromatic carbocycles. The van der Waals surface area contributed by atoms with Gasteiger partial charge < -0.3 is 9.64 Å². The van der Waals surface area contributed by atoms with Crippen LogP contribution < -0.4 is 0 Å². The second-order valence-electron chi connectivity index (χ2n) is 5.55. The maximum Gasteiger partial charge on any atom is 0.410 e. The molecule has 1 heterocycles. The second-order valence-corrected chi connectivity index (χ2v) is 5.55. The van der Waals surface area contributed by atoms with E-state index >= 15 is 0 Å². The van der Waals surface area contributed by atoms with Gasteiger partial charge in [0.15, 0.2) is 0 Å². The van der Waals surface area contributed by atoms with Crippen molar-refractivity contribution in [3.63, 3.8) is 0 Å². The van der Waals surface area contributed by atoms with Gasteiger partial charge in [0.1, 0.15) is 5.60 Å². The highest BCUT2D eigenvalue weighted by molar-refractivity contribution is 5.69. The number of amides is 1. The lowest BCUT2D eigenvalue weighted by atomic mass is 10.0. The summed E-state index contributed by atoms with van der Waals surface area (Å²) in [5.74, 6) is 0. The molecule has 0 saturated carbocycles. The van der Waals surface area contributed by atoms with Gasteiger partial charge in [-0.2, -0.15) is 0 Å². The average molecular weight is 229 g/mol. The summed E-state index contributed by atoms with van der Waals surface area (Å²) in [7, 11) is 0. The third kappa shape index (κ3) is 4.42. The molecule has 3 nitrogen and oxygen atoms in total. The monoisotopic (exact) mass is 229 g/mol. The largest absolute Gasteiger partial charge is 0.444 e. The number of rotatable bonds is 0. The first kappa shape index (κ1) is 15.3. The predicted octanol–water partition coefficient (Wildman–Crippen LogP) is 3.82. The highest BCUT2D eigenvalue weighted by atomic mass is 16.6. The molecule has 1 rings (SSSR count). The second kappa shape index (κ2) is 5.55. The van der Waals surface area contributed by atoms with Gasteiger partial charge in [-0.05, 0) is 47.5 Å². The molecule has 16 heavy (non-hydrogen) atoms. The fourth-order valence-electron chi connectivity index (χ4n) is 1.76. The van der Waals surface area contributed by atoms with E-state index in [-0.39, 0.29) is 11.6 Å². The van der Waals surface area contributed by atoms with E-state index in [1.807, 2.05) is 39.5 Å². The summed E-state index contributed by atoms with van der Waals surface area (Å²) in [6, 6.07) is 0. The van der Waals surface area contributed by atoms with Crippen LogP contribution in [0.25, 0.3) is 0 Å². The van der Waals surface area contributed by atoms with Crippen molar-refractivity contribution in [2.75, 3.05) is 6.54 Å². The van der Waals surface area contributed by atoms with Gasteiger partial charge in [-0.3, -0.25) is 0 Å². The normalized spacial score (nSPS) is 18.8. The predicted molar refractivity (Wildman–Crippen MR) is 67.6 cm³/mol. The minimum atomic E-state index is -0.393. The molecule has 0 bridgehead atoms. The van der Waals surface area contributed by atoms with Crippen LogP contribution in [0, 0.1) is 0 Å². The van der Waals surface area contributed by atoms with E-state index in [2.05, 4.69) is 13.8 Å². The summed E-state index contributed by atoms with van der Waals surface area (Å²) in [5, 5.41) is 0. The zero-order chi connectivity index (χ0) is 13.0. The Morgan fingerprint density at radius 2 is 1.75 bits per heavy atom. The van der Waals surface area contributed by atoms with Crippen LogP contribution in [0.4, 0.5) is 4.79 Å². The van der Waals surface area contributed by atoms with E-state index in [1.54, 1.807) is 0 Å². The molecule has 1 fully saturated rings. The van der Waals surface area contributed by atoms with Gasteiger partial charge in [-0.25, -0.2) is 4.79 Å². The zero-order valence-electron chi connectivity index (χ0n) is 11.9. The van der Waals surface area contributed by atoms with Gasteiger partial charge in [0.05, 0.1) is 0 Å². The Kier molecular flexibility index (Phi) is 5.30. The van der Waals surface area contributed by atoms with Crippen molar-refractivity contribution in [1.29, 1.82) is 0 Å². The van der Waals surface area contributed by atoms with Crippen LogP contribution in [0.5, 0.6) is 0 Å². The van der Waals surface area contributed by atoms with Crippen molar-refractivity contribution in [2.24, 2.45) is 0 Å². The highest BCUT2D eigenvalue weighted by Crippen LogP contribution is 2.29. The summed E-state index contributed by atoms with van der Waals surface area (Å²) in [6.07, 6.45) is 1.96. The van der Waals surface area contributed by atoms with E-state index in [1.165, 1.54) is 0 Å². The SMILES string of the molecule is CC.CC(C)(C)OC(=O)N1CCCC1(C)C. The topological polar surface area (TPSA) is 29.5 Å². The molecular formula is C13H27NO2. The van der Waals surface area contributed by atoms with Crippen LogP contribution >= 0.6 is 0 Å². The lowest BCUT2D eigenvalue weighted by Gasteiger charge is -2.33. The van der Waals surface area contributed by atoms with Crippen LogP contribution in [0.2, 0.25) is 0 Å². The number of hydrogen-bond donors (Lipinski definition) is 0. The molecule has 0 atom stereocenters. The molecule has 1 amide bonds. The maximum absolute atomic E-state index is 11.8. The Labute approximate surface area is 100 Å². The first-order chi connectivity index (χ1) is 7.22. The molecule has 1 saturated heterocycles. The van der Waals surface area contributed by atoms with E-state index in [9.17, 15) is 4.79 Å². The molecule has 3 heteroatoms. The van der Waals surface area contributed by atoms with Crippen molar-refractivity contribution in [3.05, 3.63) is 0 Å². The lowest BCUT2D eigenvalue weighted by molar-refractivity contribution is 0.0134. The fourth-order valence-corrected chi connectivity index (χ4v) is 1.76. The van der Waals surface area contributed by atoms with Crippen LogP contribution in [0.3, 0.4) is 0 Å². The van der Waals surface area contributed by atoms with E-state index in [0.29, 0.717) is 0 Å². The Balaban J connectivity index is 0.00000106. The first-order valence-corrected chi connectivity index (χ1v) is 6.23. The average Bonchev–Trinajstić information content (AvgIpc) is 2.46. The van der Waals surface area contributed by atoms with E-state index in [4.69, 9.17) is 4.74 Å². The van der Waals surface area contributed by atoms with Gasteiger partial charge in [-0.15, -0.1) is 0 Å². The summed E-state index contributed by atoms with van der Waals surface area (Å²) in [4.78, 5) is 13.6. The van der Waals surface area contributed by atoms with Gasteiger partial charge in [0, 0.05) is 12.1 Å². The van der Waals surface area contributed by atoms with Crippen molar-refractivity contribution < 1.29 is 9.53 Å². The molecular weight excluding hydrogens is 202 g/mol. The minimum absolute atomic E-state index is 0.0394. The molecule has 0 aliphatic carbocycles. The molecule has 1 aliphatic rings. The van der Waals surface area contributed by atoms with Crippen LogP contribution in [0.1, 0.15) is 61.3 Å². The van der Waals surface area contributed by atoms with Crippen molar-refractivity contribution in [1.82, 2.24) is 4.90 Å². The van der Waals surface area contributed by atoms with Crippen LogP contribution in [0.15, 0.2) is 0 Å². The maximum atomic E-state index is 11.8. The molecule has 1 aliphatic heterocycles. The van der Waals surface area contributed by atoms with Crippen molar-refractivity contribution in [2.45, 2.75) is 72.4 Å². The smallest absolute Gasteiger partial charge is 0.410 e. The quantitative estimate of drug-likeness (QED) is 0.632.